The van der Waals surface area contributed by atoms with Gasteiger partial charge in [-0.1, -0.05) is 42.5 Å². The number of benzene rings is 3. The van der Waals surface area contributed by atoms with Crippen LogP contribution in [0.25, 0.3) is 22.9 Å². The zero-order valence-corrected chi connectivity index (χ0v) is 15.4. The molecule has 3 aromatic rings. The molecule has 2 N–H and O–H groups in total. The van der Waals surface area contributed by atoms with Gasteiger partial charge in [0.05, 0.1) is 11.4 Å². The Balaban J connectivity index is 1.78. The fourth-order valence-electron chi connectivity index (χ4n) is 3.07. The molecule has 4 rings (SSSR count). The Labute approximate surface area is 154 Å². The fourth-order valence-corrected chi connectivity index (χ4v) is 3.60. The Bertz CT molecular complexity index is 993. The number of anilines is 1. The summed E-state index contributed by atoms with van der Waals surface area (Å²) in [4.78, 5) is 6.51. The third kappa shape index (κ3) is 2.57. The minimum Gasteiger partial charge on any atom is -0.369 e. The normalized spacial score (nSPS) is 12.8. The van der Waals surface area contributed by atoms with Crippen LogP contribution >= 0.6 is 22.6 Å². The molecule has 0 spiro atoms. The van der Waals surface area contributed by atoms with Gasteiger partial charge in [-0.15, -0.1) is 0 Å². The molecule has 3 nitrogen and oxygen atoms in total. The Hall–Kier alpha value is -2.34. The number of rotatable bonds is 2. The summed E-state index contributed by atoms with van der Waals surface area (Å²) >= 11 is 2.28. The molecule has 3 aromatic carbocycles. The lowest BCUT2D eigenvalue weighted by molar-refractivity contribution is 1.23. The second-order valence-electron chi connectivity index (χ2n) is 5.79. The van der Waals surface area contributed by atoms with Crippen molar-refractivity contribution in [2.24, 2.45) is 10.7 Å². The molecule has 118 valence electrons. The van der Waals surface area contributed by atoms with Gasteiger partial charge in [-0.3, -0.25) is 0 Å². The summed E-state index contributed by atoms with van der Waals surface area (Å²) in [6.07, 6.45) is 4.32. The van der Waals surface area contributed by atoms with Crippen molar-refractivity contribution in [3.63, 3.8) is 0 Å². The Morgan fingerprint density at radius 1 is 1.00 bits per heavy atom. The van der Waals surface area contributed by atoms with Gasteiger partial charge >= 0.3 is 0 Å². The van der Waals surface area contributed by atoms with Crippen LogP contribution in [0.2, 0.25) is 0 Å². The van der Waals surface area contributed by atoms with Crippen LogP contribution < -0.4 is 10.6 Å². The van der Waals surface area contributed by atoms with Crippen LogP contribution in [0.5, 0.6) is 0 Å². The van der Waals surface area contributed by atoms with E-state index in [0.29, 0.717) is 5.96 Å². The first-order chi connectivity index (χ1) is 11.6. The summed E-state index contributed by atoms with van der Waals surface area (Å²) in [6.45, 7) is 0. The summed E-state index contributed by atoms with van der Waals surface area (Å²) in [5, 5.41) is 2.47. The molecular weight excluding hydrogens is 409 g/mol. The van der Waals surface area contributed by atoms with Crippen molar-refractivity contribution in [2.75, 3.05) is 11.9 Å². The van der Waals surface area contributed by atoms with Crippen molar-refractivity contribution in [3.8, 4) is 0 Å². The average Bonchev–Trinajstić information content (AvgIpc) is 3.00. The molecule has 4 heteroatoms. The van der Waals surface area contributed by atoms with Crippen LogP contribution in [0.4, 0.5) is 11.4 Å². The summed E-state index contributed by atoms with van der Waals surface area (Å²) in [7, 11) is 1.96. The number of nitrogens with zero attached hydrogens (tertiary/aromatic N) is 2. The number of nitrogens with two attached hydrogens (primary N) is 1. The molecule has 24 heavy (non-hydrogen) atoms. The lowest BCUT2D eigenvalue weighted by Crippen LogP contribution is -2.33. The van der Waals surface area contributed by atoms with E-state index in [1.54, 1.807) is 0 Å². The van der Waals surface area contributed by atoms with Gasteiger partial charge in [0.15, 0.2) is 0 Å². The summed E-state index contributed by atoms with van der Waals surface area (Å²) in [5.74, 6) is 0.476. The minimum absolute atomic E-state index is 0.476. The second kappa shape index (κ2) is 5.94. The lowest BCUT2D eigenvalue weighted by Gasteiger charge is -2.21. The fraction of sp³-hybridized carbons (Fsp3) is 0.0500. The number of hydrogen-bond donors (Lipinski definition) is 1. The number of halogens is 1. The van der Waals surface area contributed by atoms with E-state index in [-0.39, 0.29) is 0 Å². The molecule has 0 unspecified atom stereocenters. The third-order valence-electron chi connectivity index (χ3n) is 4.28. The van der Waals surface area contributed by atoms with Gasteiger partial charge in [0, 0.05) is 16.0 Å². The molecule has 1 aliphatic rings. The van der Waals surface area contributed by atoms with Crippen LogP contribution in [0.15, 0.2) is 59.6 Å². The Kier molecular flexibility index (Phi) is 3.76. The maximum atomic E-state index is 6.27. The number of guanidine groups is 1. The van der Waals surface area contributed by atoms with Crippen molar-refractivity contribution < 1.29 is 0 Å². The van der Waals surface area contributed by atoms with Crippen molar-refractivity contribution in [3.05, 3.63) is 69.3 Å². The summed E-state index contributed by atoms with van der Waals surface area (Å²) in [5.41, 5.74) is 10.7. The monoisotopic (exact) mass is 425 g/mol. The quantitative estimate of drug-likeness (QED) is 0.279. The summed E-state index contributed by atoms with van der Waals surface area (Å²) < 4.78 is 1.14. The van der Waals surface area contributed by atoms with Gasteiger partial charge in [-0.05, 0) is 63.4 Å². The molecule has 0 aromatic heterocycles. The molecule has 0 atom stereocenters. The zero-order valence-electron chi connectivity index (χ0n) is 13.2. The van der Waals surface area contributed by atoms with E-state index in [2.05, 4.69) is 70.1 Å². The first-order valence-electron chi connectivity index (χ1n) is 7.71. The highest BCUT2D eigenvalue weighted by molar-refractivity contribution is 14.1. The maximum Gasteiger partial charge on any atom is 0.200 e. The molecule has 0 saturated carbocycles. The molecular formula is C20H16IN3. The Morgan fingerprint density at radius 2 is 1.75 bits per heavy atom. The first-order valence-corrected chi connectivity index (χ1v) is 8.78. The molecule has 0 saturated heterocycles. The van der Waals surface area contributed by atoms with Crippen LogP contribution in [0, 0.1) is 3.57 Å². The molecule has 0 bridgehead atoms. The van der Waals surface area contributed by atoms with Gasteiger partial charge in [-0.25, -0.2) is 4.99 Å². The van der Waals surface area contributed by atoms with Gasteiger partial charge < -0.3 is 10.6 Å². The lowest BCUT2D eigenvalue weighted by atomic mass is 10.0. The molecule has 0 aliphatic heterocycles. The van der Waals surface area contributed by atoms with Crippen molar-refractivity contribution in [1.29, 1.82) is 0 Å². The summed E-state index contributed by atoms with van der Waals surface area (Å²) in [6, 6.07) is 18.6. The van der Waals surface area contributed by atoms with Crippen LogP contribution in [0.1, 0.15) is 11.1 Å². The zero-order chi connectivity index (χ0) is 16.7. The SMILES string of the molecule is CN(C(N)=Nc1cccc(I)c1)c1ccc2c3c(cccc13)C=C2. The van der Waals surface area contributed by atoms with Gasteiger partial charge in [0.2, 0.25) is 5.96 Å². The molecule has 0 radical (unpaired) electrons. The molecule has 1 aliphatic carbocycles. The van der Waals surface area contributed by atoms with Crippen LogP contribution in [-0.4, -0.2) is 13.0 Å². The van der Waals surface area contributed by atoms with E-state index in [1.165, 1.54) is 21.9 Å². The van der Waals surface area contributed by atoms with Crippen molar-refractivity contribution >= 4 is 62.8 Å². The predicted octanol–water partition coefficient (Wildman–Crippen LogP) is 5.01. The van der Waals surface area contributed by atoms with Crippen molar-refractivity contribution in [1.82, 2.24) is 0 Å². The van der Waals surface area contributed by atoms with E-state index in [1.807, 2.05) is 36.2 Å². The maximum absolute atomic E-state index is 6.27. The topological polar surface area (TPSA) is 41.6 Å². The molecule has 0 amide bonds. The highest BCUT2D eigenvalue weighted by Crippen LogP contribution is 2.36. The third-order valence-corrected chi connectivity index (χ3v) is 4.95. The van der Waals surface area contributed by atoms with E-state index in [4.69, 9.17) is 5.73 Å². The largest absolute Gasteiger partial charge is 0.369 e. The molecule has 0 heterocycles. The van der Waals surface area contributed by atoms with Gasteiger partial charge in [0.1, 0.15) is 0 Å². The van der Waals surface area contributed by atoms with E-state index >= 15 is 0 Å². The van der Waals surface area contributed by atoms with E-state index < -0.39 is 0 Å². The van der Waals surface area contributed by atoms with Gasteiger partial charge in [0.25, 0.3) is 0 Å². The molecule has 0 fully saturated rings. The minimum atomic E-state index is 0.476. The number of aliphatic imine (C=N–C) groups is 1. The van der Waals surface area contributed by atoms with Crippen molar-refractivity contribution in [2.45, 2.75) is 0 Å². The average molecular weight is 425 g/mol. The Morgan fingerprint density at radius 3 is 2.54 bits per heavy atom. The predicted molar refractivity (Wildman–Crippen MR) is 112 cm³/mol. The van der Waals surface area contributed by atoms with Gasteiger partial charge in [-0.2, -0.15) is 0 Å². The van der Waals surface area contributed by atoms with E-state index in [9.17, 15) is 0 Å². The smallest absolute Gasteiger partial charge is 0.200 e. The first kappa shape index (κ1) is 15.2. The highest BCUT2D eigenvalue weighted by Gasteiger charge is 2.15. The number of hydrogen-bond acceptors (Lipinski definition) is 1. The van der Waals surface area contributed by atoms with Crippen LogP contribution in [-0.2, 0) is 0 Å². The van der Waals surface area contributed by atoms with Crippen LogP contribution in [0.3, 0.4) is 0 Å². The standard InChI is InChI=1S/C20H16IN3/c1-24(20(22)23-16-6-3-5-15(21)12-16)18-11-10-14-9-8-13-4-2-7-17(18)19(13)14/h2-12H,1H3,(H2,22,23). The second-order valence-corrected chi connectivity index (χ2v) is 7.03. The van der Waals surface area contributed by atoms with E-state index in [0.717, 1.165) is 14.9 Å². The highest BCUT2D eigenvalue weighted by atomic mass is 127.